The Kier molecular flexibility index (Phi) is 3.74. The Labute approximate surface area is 110 Å². The minimum atomic E-state index is -0.621. The normalized spacial score (nSPS) is 10.6. The predicted octanol–water partition coefficient (Wildman–Crippen LogP) is 3.47. The standard InChI is InChI=1S/C14H15F2N3/c1-4-17-14-9(3)8(2)13(18-19-14)10-5-11(15)7-12(16)6-10/h5-7H,4H2,1-3H3,(H,17,19). The summed E-state index contributed by atoms with van der Waals surface area (Å²) in [5.41, 5.74) is 2.68. The summed E-state index contributed by atoms with van der Waals surface area (Å²) in [5, 5.41) is 11.2. The van der Waals surface area contributed by atoms with Gasteiger partial charge in [-0.15, -0.1) is 10.2 Å². The molecule has 0 saturated heterocycles. The van der Waals surface area contributed by atoms with Crippen molar-refractivity contribution < 1.29 is 8.78 Å². The third-order valence-corrected chi connectivity index (χ3v) is 3.00. The van der Waals surface area contributed by atoms with Crippen LogP contribution in [0.3, 0.4) is 0 Å². The lowest BCUT2D eigenvalue weighted by Crippen LogP contribution is -2.06. The van der Waals surface area contributed by atoms with Gasteiger partial charge in [0.25, 0.3) is 0 Å². The van der Waals surface area contributed by atoms with E-state index in [2.05, 4.69) is 15.5 Å². The van der Waals surface area contributed by atoms with E-state index in [-0.39, 0.29) is 0 Å². The van der Waals surface area contributed by atoms with Crippen LogP contribution in [0.5, 0.6) is 0 Å². The first-order chi connectivity index (χ1) is 9.02. The number of anilines is 1. The summed E-state index contributed by atoms with van der Waals surface area (Å²) in [7, 11) is 0. The topological polar surface area (TPSA) is 37.8 Å². The van der Waals surface area contributed by atoms with E-state index in [0.717, 1.165) is 23.7 Å². The van der Waals surface area contributed by atoms with Gasteiger partial charge in [0, 0.05) is 18.2 Å². The molecule has 0 atom stereocenters. The van der Waals surface area contributed by atoms with E-state index in [1.807, 2.05) is 20.8 Å². The van der Waals surface area contributed by atoms with Gasteiger partial charge in [-0.1, -0.05) is 0 Å². The zero-order valence-corrected chi connectivity index (χ0v) is 11.1. The number of halogens is 2. The fourth-order valence-electron chi connectivity index (χ4n) is 1.91. The van der Waals surface area contributed by atoms with Gasteiger partial charge in [0.1, 0.15) is 11.6 Å². The molecular formula is C14H15F2N3. The Bertz CT molecular complexity index is 592. The van der Waals surface area contributed by atoms with Crippen molar-refractivity contribution >= 4 is 5.82 Å². The third-order valence-electron chi connectivity index (χ3n) is 3.00. The van der Waals surface area contributed by atoms with Crippen molar-refractivity contribution in [1.29, 1.82) is 0 Å². The zero-order chi connectivity index (χ0) is 14.0. The monoisotopic (exact) mass is 263 g/mol. The van der Waals surface area contributed by atoms with Crippen LogP contribution < -0.4 is 5.32 Å². The number of aromatic nitrogens is 2. The van der Waals surface area contributed by atoms with Gasteiger partial charge in [-0.2, -0.15) is 0 Å². The molecule has 0 amide bonds. The Balaban J connectivity index is 2.54. The van der Waals surface area contributed by atoms with E-state index in [4.69, 9.17) is 0 Å². The Morgan fingerprint density at radius 1 is 1.00 bits per heavy atom. The first kappa shape index (κ1) is 13.4. The second-order valence-corrected chi connectivity index (χ2v) is 4.34. The number of hydrogen-bond donors (Lipinski definition) is 1. The van der Waals surface area contributed by atoms with Crippen LogP contribution in [-0.4, -0.2) is 16.7 Å². The van der Waals surface area contributed by atoms with Crippen molar-refractivity contribution in [3.63, 3.8) is 0 Å². The number of nitrogens with one attached hydrogen (secondary N) is 1. The highest BCUT2D eigenvalue weighted by atomic mass is 19.1. The van der Waals surface area contributed by atoms with Gasteiger partial charge in [0.15, 0.2) is 5.82 Å². The number of benzene rings is 1. The molecule has 0 unspecified atom stereocenters. The summed E-state index contributed by atoms with van der Waals surface area (Å²) < 4.78 is 26.5. The van der Waals surface area contributed by atoms with Crippen LogP contribution in [0.25, 0.3) is 11.3 Å². The van der Waals surface area contributed by atoms with Crippen LogP contribution in [0.1, 0.15) is 18.1 Å². The summed E-state index contributed by atoms with van der Waals surface area (Å²) in [6, 6.07) is 3.35. The van der Waals surface area contributed by atoms with Gasteiger partial charge in [0.05, 0.1) is 5.69 Å². The maximum absolute atomic E-state index is 13.2. The molecule has 1 N–H and O–H groups in total. The molecule has 0 aliphatic carbocycles. The second kappa shape index (κ2) is 5.30. The molecule has 1 heterocycles. The molecule has 2 aromatic rings. The summed E-state index contributed by atoms with van der Waals surface area (Å²) in [4.78, 5) is 0. The maximum Gasteiger partial charge on any atom is 0.151 e. The largest absolute Gasteiger partial charge is 0.369 e. The van der Waals surface area contributed by atoms with Crippen molar-refractivity contribution in [3.8, 4) is 11.3 Å². The molecule has 19 heavy (non-hydrogen) atoms. The molecular weight excluding hydrogens is 248 g/mol. The molecule has 0 bridgehead atoms. The van der Waals surface area contributed by atoms with Gasteiger partial charge in [-0.25, -0.2) is 8.78 Å². The lowest BCUT2D eigenvalue weighted by Gasteiger charge is -2.12. The zero-order valence-electron chi connectivity index (χ0n) is 11.1. The molecule has 5 heteroatoms. The fourth-order valence-corrected chi connectivity index (χ4v) is 1.91. The fraction of sp³-hybridized carbons (Fsp3) is 0.286. The van der Waals surface area contributed by atoms with Crippen molar-refractivity contribution in [2.45, 2.75) is 20.8 Å². The first-order valence-electron chi connectivity index (χ1n) is 6.07. The van der Waals surface area contributed by atoms with E-state index in [0.29, 0.717) is 17.1 Å². The van der Waals surface area contributed by atoms with Crippen LogP contribution in [-0.2, 0) is 0 Å². The van der Waals surface area contributed by atoms with Crippen molar-refractivity contribution in [2.24, 2.45) is 0 Å². The molecule has 0 aliphatic rings. The Morgan fingerprint density at radius 2 is 1.63 bits per heavy atom. The van der Waals surface area contributed by atoms with Crippen LogP contribution in [0, 0.1) is 25.5 Å². The molecule has 2 rings (SSSR count). The molecule has 100 valence electrons. The highest BCUT2D eigenvalue weighted by Gasteiger charge is 2.12. The molecule has 1 aromatic carbocycles. The molecule has 0 radical (unpaired) electrons. The van der Waals surface area contributed by atoms with E-state index >= 15 is 0 Å². The molecule has 0 fully saturated rings. The van der Waals surface area contributed by atoms with Crippen LogP contribution in [0.4, 0.5) is 14.6 Å². The summed E-state index contributed by atoms with van der Waals surface area (Å²) in [6.45, 7) is 6.47. The first-order valence-corrected chi connectivity index (χ1v) is 6.07. The molecule has 0 spiro atoms. The van der Waals surface area contributed by atoms with Gasteiger partial charge >= 0.3 is 0 Å². The molecule has 0 saturated carbocycles. The van der Waals surface area contributed by atoms with E-state index in [9.17, 15) is 8.78 Å². The van der Waals surface area contributed by atoms with Gasteiger partial charge in [-0.3, -0.25) is 0 Å². The minimum Gasteiger partial charge on any atom is -0.369 e. The Hall–Kier alpha value is -2.04. The van der Waals surface area contributed by atoms with E-state index in [1.54, 1.807) is 0 Å². The molecule has 0 aliphatic heterocycles. The quantitative estimate of drug-likeness (QED) is 0.921. The smallest absolute Gasteiger partial charge is 0.151 e. The van der Waals surface area contributed by atoms with E-state index in [1.165, 1.54) is 12.1 Å². The maximum atomic E-state index is 13.2. The van der Waals surface area contributed by atoms with Crippen molar-refractivity contribution in [3.05, 3.63) is 41.0 Å². The summed E-state index contributed by atoms with van der Waals surface area (Å²) in [5.74, 6) is -0.546. The van der Waals surface area contributed by atoms with Gasteiger partial charge in [-0.05, 0) is 44.0 Å². The van der Waals surface area contributed by atoms with Crippen LogP contribution >= 0.6 is 0 Å². The lowest BCUT2D eigenvalue weighted by molar-refractivity contribution is 0.584. The highest BCUT2D eigenvalue weighted by molar-refractivity contribution is 5.66. The van der Waals surface area contributed by atoms with Crippen molar-refractivity contribution in [1.82, 2.24) is 10.2 Å². The van der Waals surface area contributed by atoms with Crippen LogP contribution in [0.2, 0.25) is 0 Å². The highest BCUT2D eigenvalue weighted by Crippen LogP contribution is 2.26. The number of rotatable bonds is 3. The second-order valence-electron chi connectivity index (χ2n) is 4.34. The Morgan fingerprint density at radius 3 is 2.21 bits per heavy atom. The summed E-state index contributed by atoms with van der Waals surface area (Å²) in [6.07, 6.45) is 0. The van der Waals surface area contributed by atoms with Gasteiger partial charge < -0.3 is 5.32 Å². The molecule has 3 nitrogen and oxygen atoms in total. The number of nitrogens with zero attached hydrogens (tertiary/aromatic N) is 2. The minimum absolute atomic E-state index is 0.397. The SMILES string of the molecule is CCNc1nnc(-c2cc(F)cc(F)c2)c(C)c1C. The summed E-state index contributed by atoms with van der Waals surface area (Å²) >= 11 is 0. The predicted molar refractivity (Wildman–Crippen MR) is 71.0 cm³/mol. The van der Waals surface area contributed by atoms with E-state index < -0.39 is 11.6 Å². The third kappa shape index (κ3) is 2.70. The number of hydrogen-bond acceptors (Lipinski definition) is 3. The van der Waals surface area contributed by atoms with Gasteiger partial charge in [0.2, 0.25) is 0 Å². The molecule has 1 aromatic heterocycles. The van der Waals surface area contributed by atoms with Crippen molar-refractivity contribution in [2.75, 3.05) is 11.9 Å². The average Bonchev–Trinajstić information content (AvgIpc) is 2.34. The van der Waals surface area contributed by atoms with Crippen LogP contribution in [0.15, 0.2) is 18.2 Å². The lowest BCUT2D eigenvalue weighted by atomic mass is 10.0. The average molecular weight is 263 g/mol.